The van der Waals surface area contributed by atoms with Gasteiger partial charge in [-0.2, -0.15) is 4.98 Å². The van der Waals surface area contributed by atoms with E-state index >= 15 is 0 Å². The van der Waals surface area contributed by atoms with Crippen LogP contribution in [0.25, 0.3) is 0 Å². The van der Waals surface area contributed by atoms with Crippen molar-refractivity contribution < 1.29 is 9.26 Å². The van der Waals surface area contributed by atoms with E-state index in [0.717, 1.165) is 56.7 Å². The number of rotatable bonds is 3. The maximum Gasteiger partial charge on any atom is 0.231 e. The predicted molar refractivity (Wildman–Crippen MR) is 75.2 cm³/mol. The fourth-order valence-electron chi connectivity index (χ4n) is 3.61. The molecular weight excluding hydrogens is 254 g/mol. The van der Waals surface area contributed by atoms with E-state index in [-0.39, 0.29) is 17.6 Å². The van der Waals surface area contributed by atoms with Crippen molar-refractivity contribution >= 4 is 0 Å². The van der Waals surface area contributed by atoms with Crippen LogP contribution in [0.4, 0.5) is 0 Å². The average Bonchev–Trinajstić information content (AvgIpc) is 3.09. The SMILES string of the molecule is COC1(c2noc(C3CCCC3N)n2)CCC(C)CC1. The lowest BCUT2D eigenvalue weighted by Gasteiger charge is -2.35. The second-order valence-electron chi connectivity index (χ2n) is 6.54. The highest BCUT2D eigenvalue weighted by Crippen LogP contribution is 2.41. The Morgan fingerprint density at radius 2 is 2.00 bits per heavy atom. The summed E-state index contributed by atoms with van der Waals surface area (Å²) in [4.78, 5) is 4.65. The third-order valence-corrected chi connectivity index (χ3v) is 5.21. The fraction of sp³-hybridized carbons (Fsp3) is 0.867. The molecule has 0 amide bonds. The van der Waals surface area contributed by atoms with E-state index < -0.39 is 0 Å². The summed E-state index contributed by atoms with van der Waals surface area (Å²) >= 11 is 0. The first kappa shape index (κ1) is 14.0. The van der Waals surface area contributed by atoms with Crippen molar-refractivity contribution in [1.29, 1.82) is 0 Å². The Balaban J connectivity index is 1.81. The molecule has 5 nitrogen and oxygen atoms in total. The molecule has 0 radical (unpaired) electrons. The first-order valence-corrected chi connectivity index (χ1v) is 7.79. The van der Waals surface area contributed by atoms with Gasteiger partial charge in [-0.3, -0.25) is 0 Å². The lowest BCUT2D eigenvalue weighted by molar-refractivity contribution is -0.0609. The second-order valence-corrected chi connectivity index (χ2v) is 6.54. The Bertz CT molecular complexity index is 452. The molecule has 2 fully saturated rings. The van der Waals surface area contributed by atoms with Crippen molar-refractivity contribution in [3.63, 3.8) is 0 Å². The monoisotopic (exact) mass is 279 g/mol. The molecular formula is C15H25N3O2. The van der Waals surface area contributed by atoms with E-state index in [2.05, 4.69) is 17.1 Å². The van der Waals surface area contributed by atoms with Crippen LogP contribution in [0.2, 0.25) is 0 Å². The zero-order chi connectivity index (χ0) is 14.2. The Labute approximate surface area is 120 Å². The predicted octanol–water partition coefficient (Wildman–Crippen LogP) is 2.72. The van der Waals surface area contributed by atoms with Gasteiger partial charge in [-0.05, 0) is 44.4 Å². The van der Waals surface area contributed by atoms with Crippen LogP contribution in [0.1, 0.15) is 69.5 Å². The van der Waals surface area contributed by atoms with E-state index in [1.807, 2.05) is 0 Å². The molecule has 2 N–H and O–H groups in total. The Hall–Kier alpha value is -0.940. The van der Waals surface area contributed by atoms with Crippen LogP contribution in [0, 0.1) is 5.92 Å². The minimum atomic E-state index is -0.350. The van der Waals surface area contributed by atoms with Crippen LogP contribution in [0.5, 0.6) is 0 Å². The number of nitrogens with two attached hydrogens (primary N) is 1. The highest BCUT2D eigenvalue weighted by molar-refractivity contribution is 5.08. The molecule has 1 heterocycles. The highest BCUT2D eigenvalue weighted by atomic mass is 16.5. The average molecular weight is 279 g/mol. The summed E-state index contributed by atoms with van der Waals surface area (Å²) in [5, 5.41) is 4.22. The second kappa shape index (κ2) is 5.45. The maximum absolute atomic E-state index is 6.12. The third-order valence-electron chi connectivity index (χ3n) is 5.21. The number of ether oxygens (including phenoxy) is 1. The Morgan fingerprint density at radius 3 is 2.60 bits per heavy atom. The van der Waals surface area contributed by atoms with E-state index in [4.69, 9.17) is 15.0 Å². The molecule has 20 heavy (non-hydrogen) atoms. The van der Waals surface area contributed by atoms with Gasteiger partial charge in [-0.1, -0.05) is 18.5 Å². The van der Waals surface area contributed by atoms with Gasteiger partial charge >= 0.3 is 0 Å². The third kappa shape index (κ3) is 2.37. The van der Waals surface area contributed by atoms with Gasteiger partial charge in [0.15, 0.2) is 0 Å². The number of hydrogen-bond donors (Lipinski definition) is 1. The minimum Gasteiger partial charge on any atom is -0.370 e. The molecule has 2 unspecified atom stereocenters. The van der Waals surface area contributed by atoms with Gasteiger partial charge in [0.25, 0.3) is 0 Å². The van der Waals surface area contributed by atoms with Gasteiger partial charge in [0, 0.05) is 13.2 Å². The molecule has 0 bridgehead atoms. The van der Waals surface area contributed by atoms with Crippen LogP contribution in [-0.4, -0.2) is 23.3 Å². The number of hydrogen-bond acceptors (Lipinski definition) is 5. The van der Waals surface area contributed by atoms with E-state index in [0.29, 0.717) is 5.89 Å². The summed E-state index contributed by atoms with van der Waals surface area (Å²) in [5.41, 5.74) is 5.77. The molecule has 0 saturated heterocycles. The molecule has 0 aliphatic heterocycles. The van der Waals surface area contributed by atoms with Gasteiger partial charge in [-0.15, -0.1) is 0 Å². The molecule has 0 aromatic carbocycles. The fourth-order valence-corrected chi connectivity index (χ4v) is 3.61. The lowest BCUT2D eigenvalue weighted by atomic mass is 9.79. The number of nitrogens with zero attached hydrogens (tertiary/aromatic N) is 2. The summed E-state index contributed by atoms with van der Waals surface area (Å²) in [6.45, 7) is 2.29. The largest absolute Gasteiger partial charge is 0.370 e. The van der Waals surface area contributed by atoms with Gasteiger partial charge in [-0.25, -0.2) is 0 Å². The smallest absolute Gasteiger partial charge is 0.231 e. The van der Waals surface area contributed by atoms with Gasteiger partial charge < -0.3 is 15.0 Å². The number of aromatic nitrogens is 2. The molecule has 2 aliphatic carbocycles. The van der Waals surface area contributed by atoms with Crippen LogP contribution in [0.3, 0.4) is 0 Å². The van der Waals surface area contributed by atoms with Crippen LogP contribution < -0.4 is 5.73 Å². The Morgan fingerprint density at radius 1 is 1.25 bits per heavy atom. The van der Waals surface area contributed by atoms with Crippen LogP contribution in [-0.2, 0) is 10.3 Å². The summed E-state index contributed by atoms with van der Waals surface area (Å²) < 4.78 is 11.3. The van der Waals surface area contributed by atoms with E-state index in [9.17, 15) is 0 Å². The zero-order valence-corrected chi connectivity index (χ0v) is 12.5. The van der Waals surface area contributed by atoms with Crippen molar-refractivity contribution in [3.8, 4) is 0 Å². The van der Waals surface area contributed by atoms with E-state index in [1.165, 1.54) is 0 Å². The van der Waals surface area contributed by atoms with Gasteiger partial charge in [0.05, 0.1) is 5.92 Å². The quantitative estimate of drug-likeness (QED) is 0.920. The van der Waals surface area contributed by atoms with Crippen molar-refractivity contribution in [2.24, 2.45) is 11.7 Å². The van der Waals surface area contributed by atoms with Crippen LogP contribution >= 0.6 is 0 Å². The molecule has 1 aromatic heterocycles. The molecule has 3 rings (SSSR count). The molecule has 1 aromatic rings. The van der Waals surface area contributed by atoms with Crippen molar-refractivity contribution in [3.05, 3.63) is 11.7 Å². The summed E-state index contributed by atoms with van der Waals surface area (Å²) in [7, 11) is 1.76. The summed E-state index contributed by atoms with van der Waals surface area (Å²) in [6.07, 6.45) is 7.51. The normalized spacial score (nSPS) is 38.2. The van der Waals surface area contributed by atoms with E-state index in [1.54, 1.807) is 7.11 Å². The van der Waals surface area contributed by atoms with Crippen molar-refractivity contribution in [2.75, 3.05) is 7.11 Å². The van der Waals surface area contributed by atoms with Gasteiger partial charge in [0.2, 0.25) is 11.7 Å². The molecule has 5 heteroatoms. The maximum atomic E-state index is 6.12. The summed E-state index contributed by atoms with van der Waals surface area (Å²) in [6, 6.07) is 0.160. The minimum absolute atomic E-state index is 0.160. The topological polar surface area (TPSA) is 74.2 Å². The molecule has 112 valence electrons. The van der Waals surface area contributed by atoms with Crippen molar-refractivity contribution in [1.82, 2.24) is 10.1 Å². The first-order valence-electron chi connectivity index (χ1n) is 7.79. The molecule has 2 aliphatic rings. The molecule has 2 saturated carbocycles. The first-order chi connectivity index (χ1) is 9.64. The van der Waals surface area contributed by atoms with Crippen LogP contribution in [0.15, 0.2) is 4.52 Å². The zero-order valence-electron chi connectivity index (χ0n) is 12.5. The lowest BCUT2D eigenvalue weighted by Crippen LogP contribution is -2.34. The molecule has 2 atom stereocenters. The van der Waals surface area contributed by atoms with Crippen molar-refractivity contribution in [2.45, 2.75) is 69.4 Å². The van der Waals surface area contributed by atoms with Gasteiger partial charge in [0.1, 0.15) is 5.60 Å². The summed E-state index contributed by atoms with van der Waals surface area (Å²) in [5.74, 6) is 2.42. The highest BCUT2D eigenvalue weighted by Gasteiger charge is 2.41. The molecule has 0 spiro atoms. The Kier molecular flexibility index (Phi) is 3.82. The standard InChI is InChI=1S/C15H25N3O2/c1-10-6-8-15(19-2,9-7-10)14-17-13(20-18-14)11-4-3-5-12(11)16/h10-12H,3-9,16H2,1-2H3. The number of methoxy groups -OCH3 is 1.